The van der Waals surface area contributed by atoms with E-state index in [-0.39, 0.29) is 0 Å². The molecule has 0 radical (unpaired) electrons. The van der Waals surface area contributed by atoms with Crippen LogP contribution in [0.4, 0.5) is 5.69 Å². The lowest BCUT2D eigenvalue weighted by atomic mass is 10.1. The Kier molecular flexibility index (Phi) is 6.19. The summed E-state index contributed by atoms with van der Waals surface area (Å²) in [6.45, 7) is 0.971. The van der Waals surface area contributed by atoms with Gasteiger partial charge in [-0.2, -0.15) is 0 Å². The van der Waals surface area contributed by atoms with Gasteiger partial charge in [-0.25, -0.2) is 0 Å². The Hall–Kier alpha value is -1.73. The Labute approximate surface area is 126 Å². The fourth-order valence-corrected chi connectivity index (χ4v) is 2.15. The lowest BCUT2D eigenvalue weighted by molar-refractivity contribution is 0.839. The van der Waals surface area contributed by atoms with E-state index in [1.807, 2.05) is 6.07 Å². The first-order valence-electron chi connectivity index (χ1n) is 7.01. The number of benzene rings is 2. The van der Waals surface area contributed by atoms with Crippen molar-refractivity contribution >= 4 is 29.4 Å². The Bertz CT molecular complexity index is 534. The van der Waals surface area contributed by atoms with Crippen LogP contribution in [0.5, 0.6) is 0 Å². The van der Waals surface area contributed by atoms with Crippen molar-refractivity contribution in [1.82, 2.24) is 0 Å². The molecule has 20 heavy (non-hydrogen) atoms. The Balaban J connectivity index is 1.94. The van der Waals surface area contributed by atoms with Crippen molar-refractivity contribution in [3.05, 3.63) is 65.7 Å². The molecule has 0 unspecified atom stereocenters. The van der Waals surface area contributed by atoms with Crippen molar-refractivity contribution in [3.63, 3.8) is 0 Å². The zero-order valence-electron chi connectivity index (χ0n) is 11.6. The van der Waals surface area contributed by atoms with Crippen LogP contribution in [0.25, 0.3) is 12.2 Å². The number of anilines is 1. The molecule has 0 aliphatic rings. The number of unbranched alkanes of at least 4 members (excludes halogenated alkanes) is 1. The number of hydrogen-bond donors (Lipinski definition) is 1. The molecule has 0 bridgehead atoms. The minimum absolute atomic E-state index is 0.738. The summed E-state index contributed by atoms with van der Waals surface area (Å²) in [6, 6.07) is 18.8. The topological polar surface area (TPSA) is 12.0 Å². The van der Waals surface area contributed by atoms with Crippen LogP contribution < -0.4 is 5.32 Å². The second-order valence-corrected chi connectivity index (χ2v) is 5.07. The van der Waals surface area contributed by atoms with Gasteiger partial charge in [-0.05, 0) is 36.1 Å². The summed E-state index contributed by atoms with van der Waals surface area (Å²) < 4.78 is 0. The summed E-state index contributed by atoms with van der Waals surface area (Å²) in [6.07, 6.45) is 6.43. The molecule has 2 aromatic carbocycles. The maximum Gasteiger partial charge on any atom is 0.0346 e. The summed E-state index contributed by atoms with van der Waals surface area (Å²) in [4.78, 5) is 0. The van der Waals surface area contributed by atoms with E-state index in [0.717, 1.165) is 31.0 Å². The van der Waals surface area contributed by atoms with Crippen molar-refractivity contribution in [2.45, 2.75) is 12.8 Å². The molecule has 0 atom stereocenters. The molecular weight excluding hydrogens is 266 g/mol. The zero-order chi connectivity index (χ0) is 14.0. The smallest absolute Gasteiger partial charge is 0.0346 e. The Morgan fingerprint density at radius 1 is 0.850 bits per heavy atom. The molecule has 2 aromatic rings. The average molecular weight is 286 g/mol. The second-order valence-electron chi connectivity index (χ2n) is 4.69. The van der Waals surface area contributed by atoms with Gasteiger partial charge >= 0.3 is 0 Å². The van der Waals surface area contributed by atoms with Gasteiger partial charge in [0.15, 0.2) is 0 Å². The maximum atomic E-state index is 5.67. The van der Waals surface area contributed by atoms with Crippen LogP contribution in [0.1, 0.15) is 24.0 Å². The highest BCUT2D eigenvalue weighted by atomic mass is 35.5. The minimum Gasteiger partial charge on any atom is -0.385 e. The quantitative estimate of drug-likeness (QED) is 0.414. The van der Waals surface area contributed by atoms with Gasteiger partial charge in [0.1, 0.15) is 0 Å². The van der Waals surface area contributed by atoms with Crippen molar-refractivity contribution in [3.8, 4) is 0 Å². The van der Waals surface area contributed by atoms with E-state index in [2.05, 4.69) is 66.0 Å². The average Bonchev–Trinajstić information content (AvgIpc) is 2.51. The van der Waals surface area contributed by atoms with Gasteiger partial charge < -0.3 is 5.32 Å². The molecule has 1 nitrogen and oxygen atoms in total. The van der Waals surface area contributed by atoms with Gasteiger partial charge in [0.2, 0.25) is 0 Å². The number of alkyl halides is 1. The number of rotatable bonds is 7. The standard InChI is InChI=1S/C18H20ClN/c19-13-4-5-14-20-18-10-6-9-17(15-18)12-11-16-7-2-1-3-8-16/h1-3,6-12,15,20H,4-5,13-14H2. The monoisotopic (exact) mass is 285 g/mol. The molecule has 2 rings (SSSR count). The third-order valence-electron chi connectivity index (χ3n) is 3.04. The van der Waals surface area contributed by atoms with Gasteiger partial charge in [-0.15, -0.1) is 11.6 Å². The molecule has 0 fully saturated rings. The van der Waals surface area contributed by atoms with Gasteiger partial charge in [0.25, 0.3) is 0 Å². The molecule has 0 aromatic heterocycles. The first kappa shape index (κ1) is 14.7. The molecule has 0 saturated heterocycles. The van der Waals surface area contributed by atoms with E-state index in [0.29, 0.717) is 0 Å². The molecule has 104 valence electrons. The summed E-state index contributed by atoms with van der Waals surface area (Å²) in [5.74, 6) is 0.738. The number of halogens is 1. The van der Waals surface area contributed by atoms with Crippen molar-refractivity contribution < 1.29 is 0 Å². The minimum atomic E-state index is 0.738. The zero-order valence-corrected chi connectivity index (χ0v) is 12.3. The molecular formula is C18H20ClN. The van der Waals surface area contributed by atoms with E-state index in [4.69, 9.17) is 11.6 Å². The fraction of sp³-hybridized carbons (Fsp3) is 0.222. The summed E-state index contributed by atoms with van der Waals surface area (Å²) in [5.41, 5.74) is 3.58. The van der Waals surface area contributed by atoms with Gasteiger partial charge in [-0.1, -0.05) is 54.6 Å². The Morgan fingerprint density at radius 3 is 2.40 bits per heavy atom. The molecule has 0 spiro atoms. The predicted molar refractivity (Wildman–Crippen MR) is 90.3 cm³/mol. The van der Waals surface area contributed by atoms with Crippen molar-refractivity contribution in [2.75, 3.05) is 17.7 Å². The SMILES string of the molecule is ClCCCCNc1cccc(C=Cc2ccccc2)c1. The summed E-state index contributed by atoms with van der Waals surface area (Å²) >= 11 is 5.67. The van der Waals surface area contributed by atoms with E-state index in [9.17, 15) is 0 Å². The fourth-order valence-electron chi connectivity index (χ4n) is 1.96. The van der Waals surface area contributed by atoms with Gasteiger partial charge in [0.05, 0.1) is 0 Å². The molecule has 0 amide bonds. The van der Waals surface area contributed by atoms with Crippen LogP contribution in [0.2, 0.25) is 0 Å². The van der Waals surface area contributed by atoms with E-state index >= 15 is 0 Å². The molecule has 0 saturated carbocycles. The van der Waals surface area contributed by atoms with Crippen LogP contribution in [0.15, 0.2) is 54.6 Å². The van der Waals surface area contributed by atoms with Gasteiger partial charge in [0, 0.05) is 18.1 Å². The van der Waals surface area contributed by atoms with Crippen LogP contribution in [0, 0.1) is 0 Å². The lowest BCUT2D eigenvalue weighted by Gasteiger charge is -2.06. The van der Waals surface area contributed by atoms with Crippen molar-refractivity contribution in [1.29, 1.82) is 0 Å². The molecule has 0 aliphatic carbocycles. The van der Waals surface area contributed by atoms with E-state index in [1.165, 1.54) is 11.1 Å². The first-order chi connectivity index (χ1) is 9.88. The number of nitrogens with one attached hydrogen (secondary N) is 1. The predicted octanol–water partition coefficient (Wildman–Crippen LogP) is 5.29. The van der Waals surface area contributed by atoms with Crippen LogP contribution in [-0.4, -0.2) is 12.4 Å². The highest BCUT2D eigenvalue weighted by molar-refractivity contribution is 6.17. The third kappa shape index (κ3) is 5.10. The lowest BCUT2D eigenvalue weighted by Crippen LogP contribution is -2.01. The molecule has 0 heterocycles. The van der Waals surface area contributed by atoms with Crippen LogP contribution in [0.3, 0.4) is 0 Å². The maximum absolute atomic E-state index is 5.67. The molecule has 2 heteroatoms. The van der Waals surface area contributed by atoms with Crippen LogP contribution in [-0.2, 0) is 0 Å². The summed E-state index contributed by atoms with van der Waals surface area (Å²) in [5, 5.41) is 3.43. The van der Waals surface area contributed by atoms with Gasteiger partial charge in [-0.3, -0.25) is 0 Å². The second kappa shape index (κ2) is 8.44. The third-order valence-corrected chi connectivity index (χ3v) is 3.31. The Morgan fingerprint density at radius 2 is 1.60 bits per heavy atom. The normalized spacial score (nSPS) is 10.8. The number of hydrogen-bond acceptors (Lipinski definition) is 1. The highest BCUT2D eigenvalue weighted by Gasteiger charge is 1.93. The van der Waals surface area contributed by atoms with E-state index in [1.54, 1.807) is 0 Å². The molecule has 1 N–H and O–H groups in total. The largest absolute Gasteiger partial charge is 0.385 e. The van der Waals surface area contributed by atoms with Crippen LogP contribution >= 0.6 is 11.6 Å². The highest BCUT2D eigenvalue weighted by Crippen LogP contribution is 2.14. The first-order valence-corrected chi connectivity index (χ1v) is 7.55. The van der Waals surface area contributed by atoms with E-state index < -0.39 is 0 Å². The summed E-state index contributed by atoms with van der Waals surface area (Å²) in [7, 11) is 0. The van der Waals surface area contributed by atoms with Crippen molar-refractivity contribution in [2.24, 2.45) is 0 Å². The molecule has 0 aliphatic heterocycles.